The summed E-state index contributed by atoms with van der Waals surface area (Å²) in [6.45, 7) is 15.5. The fourth-order valence-corrected chi connectivity index (χ4v) is 3.06. The third-order valence-corrected chi connectivity index (χ3v) is 4.94. The fraction of sp³-hybridized carbons (Fsp3) is 0.269. The highest BCUT2D eigenvalue weighted by Crippen LogP contribution is 2.43. The molecule has 0 saturated carbocycles. The highest BCUT2D eigenvalue weighted by atomic mass is 16.5. The van der Waals surface area contributed by atoms with E-state index in [1.54, 1.807) is 24.3 Å². The van der Waals surface area contributed by atoms with E-state index in [0.29, 0.717) is 22.4 Å². The lowest BCUT2D eigenvalue weighted by Gasteiger charge is -2.23. The van der Waals surface area contributed by atoms with Gasteiger partial charge in [-0.25, -0.2) is 0 Å². The van der Waals surface area contributed by atoms with Gasteiger partial charge in [-0.3, -0.25) is 4.79 Å². The van der Waals surface area contributed by atoms with Crippen molar-refractivity contribution in [3.05, 3.63) is 84.0 Å². The van der Waals surface area contributed by atoms with Crippen LogP contribution < -0.4 is 4.74 Å². The predicted octanol–water partition coefficient (Wildman–Crippen LogP) is 6.36. The van der Waals surface area contributed by atoms with Crippen molar-refractivity contribution in [2.45, 2.75) is 45.6 Å². The first-order valence-corrected chi connectivity index (χ1v) is 10.0. The Morgan fingerprint density at radius 2 is 1.53 bits per heavy atom. The van der Waals surface area contributed by atoms with E-state index in [4.69, 9.17) is 4.74 Å². The molecular formula is C26H30O4. The SMILES string of the molecule is C=CC(C)c1cc(C(C)C=C)c(OC(C)C)c(C=CC(=O)c2ccc(O)cc2)c1O. The van der Waals surface area contributed by atoms with E-state index in [1.807, 2.05) is 39.8 Å². The highest BCUT2D eigenvalue weighted by Gasteiger charge is 2.22. The zero-order valence-corrected chi connectivity index (χ0v) is 18.1. The molecule has 0 fully saturated rings. The normalized spacial score (nSPS) is 13.2. The van der Waals surface area contributed by atoms with E-state index >= 15 is 0 Å². The van der Waals surface area contributed by atoms with Gasteiger partial charge in [0.25, 0.3) is 0 Å². The van der Waals surface area contributed by atoms with Crippen molar-refractivity contribution in [1.29, 1.82) is 0 Å². The molecule has 2 aromatic carbocycles. The Hall–Kier alpha value is -3.27. The largest absolute Gasteiger partial charge is 0.508 e. The first-order chi connectivity index (χ1) is 14.2. The lowest BCUT2D eigenvalue weighted by Crippen LogP contribution is -2.11. The lowest BCUT2D eigenvalue weighted by atomic mass is 9.89. The number of ketones is 1. The molecule has 0 aliphatic carbocycles. The van der Waals surface area contributed by atoms with Crippen LogP contribution in [0.15, 0.2) is 61.7 Å². The van der Waals surface area contributed by atoms with Gasteiger partial charge < -0.3 is 14.9 Å². The maximum Gasteiger partial charge on any atom is 0.185 e. The molecule has 0 amide bonds. The smallest absolute Gasteiger partial charge is 0.185 e. The van der Waals surface area contributed by atoms with Gasteiger partial charge in [0.05, 0.1) is 11.7 Å². The summed E-state index contributed by atoms with van der Waals surface area (Å²) in [4.78, 5) is 12.6. The van der Waals surface area contributed by atoms with Crippen molar-refractivity contribution in [1.82, 2.24) is 0 Å². The molecule has 2 rings (SSSR count). The highest BCUT2D eigenvalue weighted by molar-refractivity contribution is 6.07. The summed E-state index contributed by atoms with van der Waals surface area (Å²) >= 11 is 0. The van der Waals surface area contributed by atoms with Crippen molar-refractivity contribution in [2.24, 2.45) is 0 Å². The molecule has 0 bridgehead atoms. The van der Waals surface area contributed by atoms with Gasteiger partial charge in [-0.15, -0.1) is 13.2 Å². The van der Waals surface area contributed by atoms with Gasteiger partial charge >= 0.3 is 0 Å². The van der Waals surface area contributed by atoms with Gasteiger partial charge in [0, 0.05) is 28.5 Å². The monoisotopic (exact) mass is 406 g/mol. The minimum Gasteiger partial charge on any atom is -0.508 e. The van der Waals surface area contributed by atoms with E-state index < -0.39 is 0 Å². The summed E-state index contributed by atoms with van der Waals surface area (Å²) in [5.74, 6) is 0.335. The second-order valence-electron chi connectivity index (χ2n) is 7.61. The van der Waals surface area contributed by atoms with Crippen LogP contribution in [-0.2, 0) is 0 Å². The summed E-state index contributed by atoms with van der Waals surface area (Å²) in [6.07, 6.45) is 6.44. The first-order valence-electron chi connectivity index (χ1n) is 10.0. The molecule has 4 heteroatoms. The number of carbonyl (C=O) groups is 1. The third-order valence-electron chi connectivity index (χ3n) is 4.94. The van der Waals surface area contributed by atoms with Gasteiger partial charge in [0.2, 0.25) is 0 Å². The molecule has 2 N–H and O–H groups in total. The topological polar surface area (TPSA) is 66.8 Å². The number of phenolic OH excluding ortho intramolecular Hbond substituents is 2. The van der Waals surface area contributed by atoms with Crippen molar-refractivity contribution >= 4 is 11.9 Å². The van der Waals surface area contributed by atoms with Crippen LogP contribution >= 0.6 is 0 Å². The Kier molecular flexibility index (Phi) is 7.65. The van der Waals surface area contributed by atoms with Crippen molar-refractivity contribution < 1.29 is 19.7 Å². The van der Waals surface area contributed by atoms with Crippen LogP contribution in [0.3, 0.4) is 0 Å². The fourth-order valence-electron chi connectivity index (χ4n) is 3.06. The minimum absolute atomic E-state index is 0.0185. The number of benzene rings is 2. The van der Waals surface area contributed by atoms with E-state index in [0.717, 1.165) is 5.56 Å². The number of aromatic hydroxyl groups is 2. The van der Waals surface area contributed by atoms with E-state index in [2.05, 4.69) is 13.2 Å². The molecule has 0 heterocycles. The summed E-state index contributed by atoms with van der Waals surface area (Å²) in [6, 6.07) is 7.94. The Morgan fingerprint density at radius 3 is 2.07 bits per heavy atom. The van der Waals surface area contributed by atoms with Gasteiger partial charge in [-0.05, 0) is 56.3 Å². The zero-order valence-electron chi connectivity index (χ0n) is 18.1. The number of hydrogen-bond donors (Lipinski definition) is 2. The number of phenols is 2. The Labute approximate surface area is 178 Å². The Balaban J connectivity index is 2.66. The lowest BCUT2D eigenvalue weighted by molar-refractivity contribution is 0.104. The molecule has 30 heavy (non-hydrogen) atoms. The molecule has 2 aromatic rings. The van der Waals surface area contributed by atoms with E-state index in [-0.39, 0.29) is 35.2 Å². The molecule has 0 aromatic heterocycles. The molecule has 2 atom stereocenters. The number of hydrogen-bond acceptors (Lipinski definition) is 4. The maximum absolute atomic E-state index is 12.6. The van der Waals surface area contributed by atoms with Crippen molar-refractivity contribution in [2.75, 3.05) is 0 Å². The third kappa shape index (κ3) is 5.20. The van der Waals surface area contributed by atoms with Crippen LogP contribution in [0.4, 0.5) is 0 Å². The maximum atomic E-state index is 12.6. The van der Waals surface area contributed by atoms with Crippen molar-refractivity contribution in [3.8, 4) is 17.2 Å². The average molecular weight is 407 g/mol. The molecule has 0 radical (unpaired) electrons. The second-order valence-corrected chi connectivity index (χ2v) is 7.61. The van der Waals surface area contributed by atoms with Crippen LogP contribution in [0.25, 0.3) is 6.08 Å². The van der Waals surface area contributed by atoms with Gasteiger partial charge in [0.1, 0.15) is 17.2 Å². The van der Waals surface area contributed by atoms with Crippen LogP contribution in [0.1, 0.15) is 66.6 Å². The number of rotatable bonds is 9. The van der Waals surface area contributed by atoms with Crippen LogP contribution in [0.5, 0.6) is 17.2 Å². The summed E-state index contributed by atoms with van der Waals surface area (Å²) in [5.41, 5.74) is 2.48. The summed E-state index contributed by atoms with van der Waals surface area (Å²) in [7, 11) is 0. The zero-order chi connectivity index (χ0) is 22.4. The Bertz CT molecular complexity index is 952. The van der Waals surface area contributed by atoms with E-state index in [1.165, 1.54) is 18.2 Å². The number of carbonyl (C=O) groups excluding carboxylic acids is 1. The van der Waals surface area contributed by atoms with E-state index in [9.17, 15) is 15.0 Å². The summed E-state index contributed by atoms with van der Waals surface area (Å²) < 4.78 is 6.07. The molecule has 0 spiro atoms. The molecular weight excluding hydrogens is 376 g/mol. The first kappa shape index (κ1) is 23.0. The number of allylic oxidation sites excluding steroid dienone is 3. The number of ether oxygens (including phenoxy) is 1. The molecule has 4 nitrogen and oxygen atoms in total. The summed E-state index contributed by atoms with van der Waals surface area (Å²) in [5, 5.41) is 20.5. The van der Waals surface area contributed by atoms with Crippen LogP contribution in [0.2, 0.25) is 0 Å². The van der Waals surface area contributed by atoms with Gasteiger partial charge in [0.15, 0.2) is 5.78 Å². The minimum atomic E-state index is -0.245. The predicted molar refractivity (Wildman–Crippen MR) is 123 cm³/mol. The molecule has 2 unspecified atom stereocenters. The molecule has 0 saturated heterocycles. The quantitative estimate of drug-likeness (QED) is 0.289. The van der Waals surface area contributed by atoms with Crippen molar-refractivity contribution in [3.63, 3.8) is 0 Å². The molecule has 0 aliphatic heterocycles. The van der Waals surface area contributed by atoms with Crippen LogP contribution in [-0.4, -0.2) is 22.1 Å². The second kappa shape index (κ2) is 9.97. The standard InChI is InChI=1S/C26H30O4/c1-7-17(5)22-15-23(18(6)8-2)26(30-16(3)4)21(25(22)29)13-14-24(28)19-9-11-20(27)12-10-19/h7-18,27,29H,1-2H2,3-6H3. The van der Waals surface area contributed by atoms with Gasteiger partial charge in [-0.2, -0.15) is 0 Å². The van der Waals surface area contributed by atoms with Gasteiger partial charge in [-0.1, -0.05) is 26.0 Å². The Morgan fingerprint density at radius 1 is 0.967 bits per heavy atom. The van der Waals surface area contributed by atoms with Crippen LogP contribution in [0, 0.1) is 0 Å². The average Bonchev–Trinajstić information content (AvgIpc) is 2.72. The molecule has 0 aliphatic rings. The molecule has 158 valence electrons.